The molecule has 1 aliphatic heterocycles. The average molecular weight is 575 g/mol. The zero-order chi connectivity index (χ0) is 27.1. The van der Waals surface area contributed by atoms with Crippen LogP contribution in [-0.4, -0.2) is 19.2 Å². The van der Waals surface area contributed by atoms with E-state index in [4.69, 9.17) is 40.5 Å². The number of benzene rings is 3. The van der Waals surface area contributed by atoms with Crippen molar-refractivity contribution in [3.8, 4) is 11.1 Å². The molecule has 5 aromatic rings. The summed E-state index contributed by atoms with van der Waals surface area (Å²) in [4.78, 5) is 0.649. The lowest BCUT2D eigenvalue weighted by atomic mass is 9.98. The number of aromatic nitrogens is 3. The van der Waals surface area contributed by atoms with Crippen LogP contribution in [0.15, 0.2) is 66.7 Å². The minimum atomic E-state index is 0.593. The second-order valence-electron chi connectivity index (χ2n) is 10.1. The van der Waals surface area contributed by atoms with Gasteiger partial charge < -0.3 is 15.2 Å². The van der Waals surface area contributed by atoms with Crippen molar-refractivity contribution in [2.45, 2.75) is 46.2 Å². The Bertz CT molecular complexity index is 1680. The zero-order valence-electron chi connectivity index (χ0n) is 21.9. The summed E-state index contributed by atoms with van der Waals surface area (Å²) >= 11 is 18.5. The van der Waals surface area contributed by atoms with Crippen LogP contribution < -0.4 is 10.6 Å². The monoisotopic (exact) mass is 573 g/mol. The molecule has 0 radical (unpaired) electrons. The molecular formula is C31H29Cl2N5S. The average Bonchev–Trinajstić information content (AvgIpc) is 3.32. The number of thiocarbonyl (C=S) groups is 1. The molecule has 2 N–H and O–H groups in total. The number of hydrogen-bond donors (Lipinski definition) is 2. The van der Waals surface area contributed by atoms with E-state index in [2.05, 4.69) is 63.9 Å². The predicted molar refractivity (Wildman–Crippen MR) is 167 cm³/mol. The number of nitrogens with zero attached hydrogens (tertiary/aromatic N) is 3. The normalized spacial score (nSPS) is 12.9. The largest absolute Gasteiger partial charge is 0.378 e. The van der Waals surface area contributed by atoms with E-state index in [1.807, 2.05) is 36.4 Å². The summed E-state index contributed by atoms with van der Waals surface area (Å²) < 4.78 is 4.41. The predicted octanol–water partition coefficient (Wildman–Crippen LogP) is 8.46. The molecule has 0 unspecified atom stereocenters. The fourth-order valence-corrected chi connectivity index (χ4v) is 6.01. The molecule has 8 heteroatoms. The molecule has 3 aromatic carbocycles. The molecule has 1 aliphatic rings. The fraction of sp³-hybridized carbons (Fsp3) is 0.226. The lowest BCUT2D eigenvalue weighted by molar-refractivity contribution is 0.619. The van der Waals surface area contributed by atoms with Gasteiger partial charge in [-0.1, -0.05) is 65.2 Å². The first kappa shape index (κ1) is 25.9. The number of aryl methyl sites for hydroxylation is 4. The Labute approximate surface area is 243 Å². The van der Waals surface area contributed by atoms with Gasteiger partial charge in [0.2, 0.25) is 0 Å². The molecule has 0 saturated carbocycles. The molecule has 0 atom stereocenters. The maximum atomic E-state index is 6.27. The summed E-state index contributed by atoms with van der Waals surface area (Å²) in [5.74, 6) is 0.973. The molecule has 198 valence electrons. The molecule has 0 spiro atoms. The van der Waals surface area contributed by atoms with Gasteiger partial charge in [0.05, 0.1) is 6.54 Å². The first-order valence-electron chi connectivity index (χ1n) is 13.2. The molecule has 0 bridgehead atoms. The van der Waals surface area contributed by atoms with E-state index in [0.717, 1.165) is 76.1 Å². The SMILES string of the molecule is Cc1ccc(NC(=S)c2c(-c3ccc(Cl)cc3)c3c4n(c(CNc5ccc(Cl)cc5)nn24)CCCC3)c(C)c1. The summed E-state index contributed by atoms with van der Waals surface area (Å²) in [6.45, 7) is 5.71. The third kappa shape index (κ3) is 5.05. The van der Waals surface area contributed by atoms with E-state index in [9.17, 15) is 0 Å². The first-order chi connectivity index (χ1) is 18.9. The highest BCUT2D eigenvalue weighted by atomic mass is 35.5. The Morgan fingerprint density at radius 3 is 2.38 bits per heavy atom. The van der Waals surface area contributed by atoms with Crippen LogP contribution in [0.3, 0.4) is 0 Å². The van der Waals surface area contributed by atoms with Crippen LogP contribution >= 0.6 is 35.4 Å². The van der Waals surface area contributed by atoms with Gasteiger partial charge in [0.25, 0.3) is 0 Å². The number of anilines is 2. The minimum absolute atomic E-state index is 0.593. The summed E-state index contributed by atoms with van der Waals surface area (Å²) in [6, 6.07) is 22.1. The Kier molecular flexibility index (Phi) is 7.10. The van der Waals surface area contributed by atoms with Gasteiger partial charge in [0.1, 0.15) is 16.3 Å². The number of halogens is 2. The van der Waals surface area contributed by atoms with Gasteiger partial charge in [-0.15, -0.1) is 0 Å². The summed E-state index contributed by atoms with van der Waals surface area (Å²) in [7, 11) is 0. The van der Waals surface area contributed by atoms with Crippen molar-refractivity contribution in [1.29, 1.82) is 0 Å². The quantitative estimate of drug-likeness (QED) is 0.200. The van der Waals surface area contributed by atoms with Gasteiger partial charge >= 0.3 is 0 Å². The number of hydrogen-bond acceptors (Lipinski definition) is 3. The Hall–Kier alpha value is -3.32. The molecule has 2 aromatic heterocycles. The van der Waals surface area contributed by atoms with Crippen molar-refractivity contribution >= 4 is 57.4 Å². The van der Waals surface area contributed by atoms with Gasteiger partial charge in [-0.3, -0.25) is 0 Å². The molecule has 0 aliphatic carbocycles. The van der Waals surface area contributed by atoms with E-state index in [-0.39, 0.29) is 0 Å². The molecule has 39 heavy (non-hydrogen) atoms. The number of rotatable bonds is 6. The van der Waals surface area contributed by atoms with Gasteiger partial charge in [0, 0.05) is 39.1 Å². The third-order valence-electron chi connectivity index (χ3n) is 7.34. The topological polar surface area (TPSA) is 46.3 Å². The molecule has 0 saturated heterocycles. The number of nitrogens with one attached hydrogen (secondary N) is 2. The Morgan fingerprint density at radius 2 is 1.67 bits per heavy atom. The van der Waals surface area contributed by atoms with Crippen molar-refractivity contribution < 1.29 is 0 Å². The molecular weight excluding hydrogens is 545 g/mol. The van der Waals surface area contributed by atoms with Crippen molar-refractivity contribution in [2.75, 3.05) is 10.6 Å². The maximum Gasteiger partial charge on any atom is 0.150 e. The fourth-order valence-electron chi connectivity index (χ4n) is 5.46. The molecule has 0 amide bonds. The maximum absolute atomic E-state index is 6.27. The standard InChI is InChI=1S/C31H29Cl2N5S/c1-19-6-15-26(20(2)17-19)35-30(39)29-28(21-7-9-22(32)10-8-21)25-5-3-4-16-37-27(36-38(29)31(25)37)18-34-24-13-11-23(33)12-14-24/h6-15,17,34H,3-5,16,18H2,1-2H3,(H,35,39). The molecule has 3 heterocycles. The highest BCUT2D eigenvalue weighted by Crippen LogP contribution is 2.38. The highest BCUT2D eigenvalue weighted by Gasteiger charge is 2.29. The van der Waals surface area contributed by atoms with Crippen LogP contribution in [0.25, 0.3) is 16.8 Å². The van der Waals surface area contributed by atoms with Crippen LogP contribution in [0, 0.1) is 13.8 Å². The van der Waals surface area contributed by atoms with Crippen molar-refractivity contribution in [3.05, 3.63) is 105 Å². The summed E-state index contributed by atoms with van der Waals surface area (Å²) in [5, 5.41) is 13.6. The first-order valence-corrected chi connectivity index (χ1v) is 14.3. The second-order valence-corrected chi connectivity index (χ2v) is 11.4. The molecule has 5 nitrogen and oxygen atoms in total. The van der Waals surface area contributed by atoms with E-state index in [1.54, 1.807) is 0 Å². The summed E-state index contributed by atoms with van der Waals surface area (Å²) in [6.07, 6.45) is 3.15. The summed E-state index contributed by atoms with van der Waals surface area (Å²) in [5.41, 5.74) is 9.90. The highest BCUT2D eigenvalue weighted by molar-refractivity contribution is 7.81. The third-order valence-corrected chi connectivity index (χ3v) is 8.13. The lowest BCUT2D eigenvalue weighted by Crippen LogP contribution is -2.16. The van der Waals surface area contributed by atoms with Crippen LogP contribution in [0.4, 0.5) is 11.4 Å². The van der Waals surface area contributed by atoms with Gasteiger partial charge in [-0.25, -0.2) is 4.52 Å². The van der Waals surface area contributed by atoms with E-state index in [1.165, 1.54) is 11.1 Å². The lowest BCUT2D eigenvalue weighted by Gasteiger charge is -2.14. The van der Waals surface area contributed by atoms with Gasteiger partial charge in [0.15, 0.2) is 5.82 Å². The zero-order valence-corrected chi connectivity index (χ0v) is 24.2. The van der Waals surface area contributed by atoms with Crippen LogP contribution in [0.5, 0.6) is 0 Å². The van der Waals surface area contributed by atoms with Crippen LogP contribution in [0.1, 0.15) is 41.1 Å². The Morgan fingerprint density at radius 1 is 0.949 bits per heavy atom. The minimum Gasteiger partial charge on any atom is -0.378 e. The van der Waals surface area contributed by atoms with Crippen LogP contribution in [0.2, 0.25) is 10.0 Å². The van der Waals surface area contributed by atoms with Gasteiger partial charge in [-0.05, 0) is 86.7 Å². The molecule has 0 fully saturated rings. The van der Waals surface area contributed by atoms with Crippen molar-refractivity contribution in [2.24, 2.45) is 0 Å². The van der Waals surface area contributed by atoms with Crippen molar-refractivity contribution in [1.82, 2.24) is 14.2 Å². The van der Waals surface area contributed by atoms with Gasteiger partial charge in [-0.2, -0.15) is 5.10 Å². The van der Waals surface area contributed by atoms with Crippen LogP contribution in [-0.2, 0) is 19.5 Å². The van der Waals surface area contributed by atoms with Crippen molar-refractivity contribution in [3.63, 3.8) is 0 Å². The molecule has 6 rings (SSSR count). The smallest absolute Gasteiger partial charge is 0.150 e. The Balaban J connectivity index is 1.49. The van der Waals surface area contributed by atoms with E-state index in [0.29, 0.717) is 16.6 Å². The van der Waals surface area contributed by atoms with E-state index < -0.39 is 0 Å². The second kappa shape index (κ2) is 10.7. The van der Waals surface area contributed by atoms with E-state index >= 15 is 0 Å².